The summed E-state index contributed by atoms with van der Waals surface area (Å²) in [4.78, 5) is 14.4. The molecule has 1 atom stereocenters. The zero-order valence-corrected chi connectivity index (χ0v) is 14.9. The fourth-order valence-electron chi connectivity index (χ4n) is 4.01. The monoisotopic (exact) mass is 355 g/mol. The lowest BCUT2D eigenvalue weighted by molar-refractivity contribution is -0.159. The standard InChI is InChI=1S/C21H25NO4/c23-20(24)21(8-10-22(11-9-21)14-16-7-12-25-15-16)26-19-6-5-17-3-1-2-4-18(17)13-19/h1-6,13,16H,7-12,14-15H2,(H,23,24)/t16-/m1/s1. The van der Waals surface area contributed by atoms with Crippen molar-refractivity contribution in [3.05, 3.63) is 42.5 Å². The van der Waals surface area contributed by atoms with Gasteiger partial charge in [0.1, 0.15) is 5.75 Å². The first-order valence-corrected chi connectivity index (χ1v) is 9.36. The number of nitrogens with zero attached hydrogens (tertiary/aromatic N) is 1. The number of hydrogen-bond acceptors (Lipinski definition) is 4. The number of fused-ring (bicyclic) bond motifs is 1. The van der Waals surface area contributed by atoms with E-state index in [-0.39, 0.29) is 0 Å². The van der Waals surface area contributed by atoms with Crippen LogP contribution in [0.4, 0.5) is 0 Å². The molecule has 2 fully saturated rings. The third-order valence-corrected chi connectivity index (χ3v) is 5.63. The molecule has 0 aliphatic carbocycles. The van der Waals surface area contributed by atoms with Gasteiger partial charge in [0.05, 0.1) is 6.61 Å². The van der Waals surface area contributed by atoms with Gasteiger partial charge in [0.15, 0.2) is 0 Å². The molecule has 0 aromatic heterocycles. The number of likely N-dealkylation sites (tertiary alicyclic amines) is 1. The number of rotatable bonds is 5. The highest BCUT2D eigenvalue weighted by Gasteiger charge is 2.44. The summed E-state index contributed by atoms with van der Waals surface area (Å²) in [6.45, 7) is 4.16. The molecule has 5 heteroatoms. The molecule has 0 spiro atoms. The van der Waals surface area contributed by atoms with Gasteiger partial charge >= 0.3 is 5.97 Å². The van der Waals surface area contributed by atoms with Crippen LogP contribution in [0.3, 0.4) is 0 Å². The van der Waals surface area contributed by atoms with Crippen LogP contribution in [0.1, 0.15) is 19.3 Å². The highest BCUT2D eigenvalue weighted by atomic mass is 16.5. The number of carbonyl (C=O) groups is 1. The summed E-state index contributed by atoms with van der Waals surface area (Å²) in [5.74, 6) is 0.340. The highest BCUT2D eigenvalue weighted by Crippen LogP contribution is 2.31. The van der Waals surface area contributed by atoms with Crippen molar-refractivity contribution in [1.29, 1.82) is 0 Å². The van der Waals surface area contributed by atoms with Gasteiger partial charge in [-0.3, -0.25) is 0 Å². The van der Waals surface area contributed by atoms with E-state index in [1.165, 1.54) is 0 Å². The lowest BCUT2D eigenvalue weighted by Gasteiger charge is -2.39. The van der Waals surface area contributed by atoms with E-state index in [0.29, 0.717) is 24.5 Å². The normalized spacial score (nSPS) is 23.2. The Morgan fingerprint density at radius 1 is 1.19 bits per heavy atom. The summed E-state index contributed by atoms with van der Waals surface area (Å²) in [5, 5.41) is 12.1. The first-order valence-electron chi connectivity index (χ1n) is 9.36. The Labute approximate surface area is 153 Å². The van der Waals surface area contributed by atoms with Crippen LogP contribution in [0.2, 0.25) is 0 Å². The van der Waals surface area contributed by atoms with E-state index in [2.05, 4.69) is 4.90 Å². The molecular formula is C21H25NO4. The first kappa shape index (κ1) is 17.3. The zero-order valence-electron chi connectivity index (χ0n) is 14.9. The van der Waals surface area contributed by atoms with Crippen molar-refractivity contribution in [1.82, 2.24) is 4.90 Å². The van der Waals surface area contributed by atoms with E-state index in [4.69, 9.17) is 9.47 Å². The van der Waals surface area contributed by atoms with Crippen molar-refractivity contribution < 1.29 is 19.4 Å². The summed E-state index contributed by atoms with van der Waals surface area (Å²) < 4.78 is 11.5. The van der Waals surface area contributed by atoms with E-state index in [9.17, 15) is 9.90 Å². The van der Waals surface area contributed by atoms with Gasteiger partial charge in [-0.1, -0.05) is 30.3 Å². The largest absolute Gasteiger partial charge is 0.478 e. The Balaban J connectivity index is 1.45. The van der Waals surface area contributed by atoms with Crippen LogP contribution in [-0.4, -0.2) is 54.4 Å². The van der Waals surface area contributed by atoms with Gasteiger partial charge in [0.2, 0.25) is 5.60 Å². The molecule has 0 radical (unpaired) electrons. The third-order valence-electron chi connectivity index (χ3n) is 5.63. The van der Waals surface area contributed by atoms with Crippen molar-refractivity contribution in [2.75, 3.05) is 32.8 Å². The molecule has 2 aliphatic rings. The molecule has 2 aliphatic heterocycles. The lowest BCUT2D eigenvalue weighted by atomic mass is 9.90. The second-order valence-electron chi connectivity index (χ2n) is 7.44. The average Bonchev–Trinajstić information content (AvgIpc) is 3.16. The second-order valence-corrected chi connectivity index (χ2v) is 7.44. The van der Waals surface area contributed by atoms with E-state index >= 15 is 0 Å². The number of benzene rings is 2. The summed E-state index contributed by atoms with van der Waals surface area (Å²) >= 11 is 0. The van der Waals surface area contributed by atoms with Crippen molar-refractivity contribution in [3.63, 3.8) is 0 Å². The molecule has 0 saturated carbocycles. The number of carboxylic acid groups (broad SMARTS) is 1. The van der Waals surface area contributed by atoms with Gasteiger partial charge in [-0.15, -0.1) is 0 Å². The maximum Gasteiger partial charge on any atom is 0.348 e. The maximum atomic E-state index is 12.0. The predicted octanol–water partition coefficient (Wildman–Crippen LogP) is 3.17. The number of carboxylic acids is 1. The quantitative estimate of drug-likeness (QED) is 0.893. The fraction of sp³-hybridized carbons (Fsp3) is 0.476. The van der Waals surface area contributed by atoms with Crippen LogP contribution in [0.5, 0.6) is 5.75 Å². The molecule has 2 saturated heterocycles. The number of aliphatic carboxylic acids is 1. The van der Waals surface area contributed by atoms with Crippen molar-refractivity contribution in [3.8, 4) is 5.75 Å². The van der Waals surface area contributed by atoms with E-state index < -0.39 is 11.6 Å². The minimum atomic E-state index is -1.13. The molecule has 4 rings (SSSR count). The highest BCUT2D eigenvalue weighted by molar-refractivity contribution is 5.84. The second kappa shape index (κ2) is 7.25. The van der Waals surface area contributed by atoms with Gasteiger partial charge in [0.25, 0.3) is 0 Å². The maximum absolute atomic E-state index is 12.0. The van der Waals surface area contributed by atoms with Crippen molar-refractivity contribution in [2.45, 2.75) is 24.9 Å². The van der Waals surface area contributed by atoms with E-state index in [1.807, 2.05) is 42.5 Å². The predicted molar refractivity (Wildman–Crippen MR) is 99.5 cm³/mol. The molecule has 1 N–H and O–H groups in total. The number of ether oxygens (including phenoxy) is 2. The van der Waals surface area contributed by atoms with Crippen LogP contribution >= 0.6 is 0 Å². The van der Waals surface area contributed by atoms with Gasteiger partial charge in [0, 0.05) is 39.1 Å². The van der Waals surface area contributed by atoms with Gasteiger partial charge in [-0.25, -0.2) is 4.79 Å². The number of hydrogen-bond donors (Lipinski definition) is 1. The Hall–Kier alpha value is -2.11. The molecule has 0 amide bonds. The SMILES string of the molecule is O=C(O)C1(Oc2ccc3ccccc3c2)CCN(C[C@H]2CCOC2)CC1. The first-order chi connectivity index (χ1) is 12.6. The molecule has 5 nitrogen and oxygen atoms in total. The fourth-order valence-corrected chi connectivity index (χ4v) is 4.01. The zero-order chi connectivity index (χ0) is 18.0. The molecule has 2 aromatic rings. The van der Waals surface area contributed by atoms with Gasteiger partial charge < -0.3 is 19.5 Å². The third kappa shape index (κ3) is 3.55. The van der Waals surface area contributed by atoms with Crippen molar-refractivity contribution >= 4 is 16.7 Å². The number of piperidine rings is 1. The van der Waals surface area contributed by atoms with Crippen LogP contribution in [-0.2, 0) is 9.53 Å². The smallest absolute Gasteiger partial charge is 0.348 e. The molecule has 26 heavy (non-hydrogen) atoms. The van der Waals surface area contributed by atoms with Crippen LogP contribution in [0.15, 0.2) is 42.5 Å². The van der Waals surface area contributed by atoms with Crippen molar-refractivity contribution in [2.24, 2.45) is 5.92 Å². The Morgan fingerprint density at radius 3 is 2.65 bits per heavy atom. The van der Waals surface area contributed by atoms with E-state index in [0.717, 1.165) is 50.0 Å². The summed E-state index contributed by atoms with van der Waals surface area (Å²) in [7, 11) is 0. The summed E-state index contributed by atoms with van der Waals surface area (Å²) in [6.07, 6.45) is 2.11. The molecule has 0 bridgehead atoms. The Morgan fingerprint density at radius 2 is 1.96 bits per heavy atom. The molecule has 2 aromatic carbocycles. The molecule has 0 unspecified atom stereocenters. The minimum absolute atomic E-state index is 0.503. The van der Waals surface area contributed by atoms with E-state index in [1.54, 1.807) is 0 Å². The Bertz CT molecular complexity index is 776. The van der Waals surface area contributed by atoms with Crippen LogP contribution < -0.4 is 4.74 Å². The molecular weight excluding hydrogens is 330 g/mol. The topological polar surface area (TPSA) is 59.0 Å². The summed E-state index contributed by atoms with van der Waals surface area (Å²) in [6, 6.07) is 13.8. The molecule has 138 valence electrons. The van der Waals surface area contributed by atoms with Gasteiger partial charge in [-0.05, 0) is 35.2 Å². The van der Waals surface area contributed by atoms with Gasteiger partial charge in [-0.2, -0.15) is 0 Å². The van der Waals surface area contributed by atoms with Crippen LogP contribution in [0, 0.1) is 5.92 Å². The summed E-state index contributed by atoms with van der Waals surface area (Å²) in [5.41, 5.74) is -1.13. The van der Waals surface area contributed by atoms with Crippen LogP contribution in [0.25, 0.3) is 10.8 Å². The average molecular weight is 355 g/mol. The minimum Gasteiger partial charge on any atom is -0.478 e. The lowest BCUT2D eigenvalue weighted by Crippen LogP contribution is -2.53. The Kier molecular flexibility index (Phi) is 4.83. The molecule has 2 heterocycles.